The Hall–Kier alpha value is -2.19. The average molecular weight is 565 g/mol. The van der Waals surface area contributed by atoms with Gasteiger partial charge < -0.3 is 35.6 Å². The van der Waals surface area contributed by atoms with Crippen molar-refractivity contribution in [3.8, 4) is 5.75 Å². The summed E-state index contributed by atoms with van der Waals surface area (Å²) in [6.45, 7) is -0.916. The zero-order valence-corrected chi connectivity index (χ0v) is 19.9. The van der Waals surface area contributed by atoms with E-state index in [2.05, 4.69) is 31.2 Å². The number of methoxy groups -OCH3 is 1. The zero-order chi connectivity index (χ0) is 25.2. The number of aliphatic hydroxyl groups is 5. The molecule has 6 N–H and O–H groups in total. The molecule has 184 valence electrons. The van der Waals surface area contributed by atoms with Crippen LogP contribution in [0, 0.1) is 5.82 Å². The minimum atomic E-state index is -2.45. The summed E-state index contributed by atoms with van der Waals surface area (Å²) in [5.41, 5.74) is 0.431. The minimum absolute atomic E-state index is 0.00455. The summed E-state index contributed by atoms with van der Waals surface area (Å²) in [6, 6.07) is 5.37. The first kappa shape index (κ1) is 26.4. The van der Waals surface area contributed by atoms with Gasteiger partial charge in [0.2, 0.25) is 0 Å². The van der Waals surface area contributed by atoms with Crippen LogP contribution in [0.1, 0.15) is 11.7 Å². The van der Waals surface area contributed by atoms with Gasteiger partial charge in [-0.05, 0) is 40.2 Å². The van der Waals surface area contributed by atoms with Crippen molar-refractivity contribution in [2.75, 3.05) is 19.0 Å². The molecule has 0 saturated heterocycles. The van der Waals surface area contributed by atoms with E-state index in [4.69, 9.17) is 21.4 Å². The molecule has 1 heterocycles. The summed E-state index contributed by atoms with van der Waals surface area (Å²) in [4.78, 5) is 8.23. The number of aliphatic hydroxyl groups excluding tert-OH is 5. The first-order valence-corrected chi connectivity index (χ1v) is 11.0. The van der Waals surface area contributed by atoms with E-state index in [9.17, 15) is 29.2 Å². The molecule has 3 aromatic rings. The highest BCUT2D eigenvalue weighted by atomic mass is 79.9. The normalized spacial score (nSPS) is 16.1. The fourth-order valence-electron chi connectivity index (χ4n) is 3.25. The minimum Gasteiger partial charge on any atom is -0.496 e. The molecule has 2 aromatic carbocycles. The maximum absolute atomic E-state index is 14.8. The molecule has 0 aliphatic heterocycles. The monoisotopic (exact) mass is 563 g/mol. The largest absolute Gasteiger partial charge is 0.496 e. The maximum atomic E-state index is 14.8. The molecule has 0 saturated carbocycles. The van der Waals surface area contributed by atoms with E-state index in [1.165, 1.54) is 37.7 Å². The Balaban J connectivity index is 1.98. The predicted octanol–water partition coefficient (Wildman–Crippen LogP) is 2.38. The van der Waals surface area contributed by atoms with Crippen molar-refractivity contribution < 1.29 is 39.1 Å². The highest BCUT2D eigenvalue weighted by Crippen LogP contribution is 2.37. The molecule has 0 spiro atoms. The number of hydrogen-bond acceptors (Lipinski definition) is 9. The van der Waals surface area contributed by atoms with E-state index < -0.39 is 43.0 Å². The lowest BCUT2D eigenvalue weighted by atomic mass is 9.95. The number of benzene rings is 2. The lowest BCUT2D eigenvalue weighted by Crippen LogP contribution is -2.46. The van der Waals surface area contributed by atoms with Crippen LogP contribution in [0.5, 0.6) is 5.75 Å². The Morgan fingerprint density at radius 3 is 2.44 bits per heavy atom. The molecular weight excluding hydrogens is 544 g/mol. The van der Waals surface area contributed by atoms with Crippen LogP contribution in [-0.4, -0.2) is 73.7 Å². The maximum Gasteiger partial charge on any atom is 0.159 e. The number of nitrogens with one attached hydrogen (secondary N) is 1. The molecule has 1 unspecified atom stereocenters. The van der Waals surface area contributed by atoms with Crippen LogP contribution in [0.2, 0.25) is 5.02 Å². The van der Waals surface area contributed by atoms with Gasteiger partial charge in [-0.2, -0.15) is 0 Å². The van der Waals surface area contributed by atoms with Crippen molar-refractivity contribution >= 4 is 49.9 Å². The van der Waals surface area contributed by atoms with Gasteiger partial charge in [-0.1, -0.05) is 11.6 Å². The van der Waals surface area contributed by atoms with Crippen LogP contribution in [0.4, 0.5) is 20.3 Å². The standard InChI is InChI=1S/C21H21BrClF2N3O6/c1-34-15-5-9-13(4-10(15)18(31)17(25)20(33)19(32)14(30)6-29)26-7-27-21(9)28-8-2-11(23)16(22)12(24)3-8/h2-5,7,14,17-20,29-33H,6H2,1H3,(H,26,27,28)/t14-,17-,18?,19+,20+/m1/s1. The van der Waals surface area contributed by atoms with Gasteiger partial charge in [0, 0.05) is 16.6 Å². The van der Waals surface area contributed by atoms with Crippen molar-refractivity contribution in [2.45, 2.75) is 30.6 Å². The highest BCUT2D eigenvalue weighted by molar-refractivity contribution is 9.10. The number of anilines is 2. The van der Waals surface area contributed by atoms with E-state index >= 15 is 0 Å². The van der Waals surface area contributed by atoms with E-state index in [1.54, 1.807) is 0 Å². The lowest BCUT2D eigenvalue weighted by molar-refractivity contribution is -0.119. The van der Waals surface area contributed by atoms with Crippen LogP contribution in [-0.2, 0) is 0 Å². The third-order valence-corrected chi connectivity index (χ3v) is 6.44. The zero-order valence-electron chi connectivity index (χ0n) is 17.5. The van der Waals surface area contributed by atoms with Crippen LogP contribution in [0.25, 0.3) is 10.9 Å². The summed E-state index contributed by atoms with van der Waals surface area (Å²) < 4.78 is 34.2. The molecule has 1 aromatic heterocycles. The van der Waals surface area contributed by atoms with Gasteiger partial charge in [0.1, 0.15) is 48.1 Å². The van der Waals surface area contributed by atoms with Crippen molar-refractivity contribution in [3.63, 3.8) is 0 Å². The molecule has 0 amide bonds. The third kappa shape index (κ3) is 5.38. The Labute approximate surface area is 205 Å². The first-order chi connectivity index (χ1) is 16.1. The molecule has 34 heavy (non-hydrogen) atoms. The molecule has 3 rings (SSSR count). The Morgan fingerprint density at radius 1 is 1.12 bits per heavy atom. The second kappa shape index (κ2) is 11.0. The fourth-order valence-corrected chi connectivity index (χ4v) is 3.69. The molecule has 5 atom stereocenters. The van der Waals surface area contributed by atoms with Crippen molar-refractivity contribution in [1.29, 1.82) is 0 Å². The van der Waals surface area contributed by atoms with Crippen LogP contribution in [0.3, 0.4) is 0 Å². The third-order valence-electron chi connectivity index (χ3n) is 5.11. The first-order valence-electron chi connectivity index (χ1n) is 9.80. The molecule has 13 heteroatoms. The number of hydrogen-bond donors (Lipinski definition) is 6. The molecule has 0 fully saturated rings. The van der Waals surface area contributed by atoms with E-state index in [0.29, 0.717) is 5.39 Å². The fraction of sp³-hybridized carbons (Fsp3) is 0.333. The van der Waals surface area contributed by atoms with Crippen LogP contribution < -0.4 is 10.1 Å². The number of aromatic nitrogens is 2. The van der Waals surface area contributed by atoms with Gasteiger partial charge in [0.25, 0.3) is 0 Å². The van der Waals surface area contributed by atoms with Gasteiger partial charge in [0.05, 0.1) is 28.7 Å². The topological polar surface area (TPSA) is 148 Å². The Bertz CT molecular complexity index is 1150. The van der Waals surface area contributed by atoms with Gasteiger partial charge in [0.15, 0.2) is 6.17 Å². The number of ether oxygens (including phenoxy) is 1. The molecular formula is C21H21BrClF2N3O6. The molecule has 0 aliphatic rings. The molecule has 0 bridgehead atoms. The smallest absolute Gasteiger partial charge is 0.159 e. The average Bonchev–Trinajstić information content (AvgIpc) is 2.84. The quantitative estimate of drug-likeness (QED) is 0.216. The number of alkyl halides is 1. The van der Waals surface area contributed by atoms with Crippen molar-refractivity contribution in [3.05, 3.63) is 51.5 Å². The van der Waals surface area contributed by atoms with Crippen LogP contribution >= 0.6 is 27.5 Å². The van der Waals surface area contributed by atoms with Gasteiger partial charge in [-0.15, -0.1) is 0 Å². The summed E-state index contributed by atoms with van der Waals surface area (Å²) in [7, 11) is 1.27. The van der Waals surface area contributed by atoms with Crippen molar-refractivity contribution in [2.24, 2.45) is 0 Å². The predicted molar refractivity (Wildman–Crippen MR) is 123 cm³/mol. The van der Waals surface area contributed by atoms with Crippen molar-refractivity contribution in [1.82, 2.24) is 9.97 Å². The second-order valence-corrected chi connectivity index (χ2v) is 8.53. The van der Waals surface area contributed by atoms with Gasteiger partial charge >= 0.3 is 0 Å². The summed E-state index contributed by atoms with van der Waals surface area (Å²) >= 11 is 9.03. The second-order valence-electron chi connectivity index (χ2n) is 7.33. The van der Waals surface area contributed by atoms with E-state index in [1.807, 2.05) is 0 Å². The number of halogens is 4. The Morgan fingerprint density at radius 2 is 1.82 bits per heavy atom. The molecule has 0 aliphatic carbocycles. The SMILES string of the molecule is COc1cc2c(Nc3cc(F)c(Br)c(Cl)c3)ncnc2cc1C(O)[C@@H](F)[C@H](O)[C@@H](O)[C@H](O)CO. The highest BCUT2D eigenvalue weighted by Gasteiger charge is 2.37. The summed E-state index contributed by atoms with van der Waals surface area (Å²) in [6.07, 6.45) is -9.31. The summed E-state index contributed by atoms with van der Waals surface area (Å²) in [5.74, 6) is -0.359. The molecule has 9 nitrogen and oxygen atoms in total. The lowest BCUT2D eigenvalue weighted by Gasteiger charge is -2.27. The van der Waals surface area contributed by atoms with Crippen LogP contribution in [0.15, 0.2) is 35.1 Å². The van der Waals surface area contributed by atoms with Gasteiger partial charge in [-0.3, -0.25) is 0 Å². The van der Waals surface area contributed by atoms with E-state index in [-0.39, 0.29) is 37.8 Å². The number of nitrogens with zero attached hydrogens (tertiary/aromatic N) is 2. The number of fused-ring (bicyclic) bond motifs is 1. The Kier molecular flexibility index (Phi) is 8.57. The summed E-state index contributed by atoms with van der Waals surface area (Å²) in [5, 5.41) is 52.1. The van der Waals surface area contributed by atoms with Gasteiger partial charge in [-0.25, -0.2) is 18.7 Å². The van der Waals surface area contributed by atoms with E-state index in [0.717, 1.165) is 0 Å². The number of rotatable bonds is 9. The molecule has 0 radical (unpaired) electrons.